The minimum atomic E-state index is -0.802. The van der Waals surface area contributed by atoms with Crippen LogP contribution in [0.2, 0.25) is 0 Å². The Bertz CT molecular complexity index is 434. The van der Waals surface area contributed by atoms with E-state index >= 15 is 0 Å². The third kappa shape index (κ3) is 5.04. The first-order valence-corrected chi connectivity index (χ1v) is 7.44. The van der Waals surface area contributed by atoms with E-state index in [1.54, 1.807) is 0 Å². The van der Waals surface area contributed by atoms with Gasteiger partial charge in [-0.1, -0.05) is 12.1 Å². The summed E-state index contributed by atoms with van der Waals surface area (Å²) in [5, 5.41) is 7.66. The van der Waals surface area contributed by atoms with E-state index < -0.39 is 11.2 Å². The molecule has 0 aliphatic carbocycles. The second-order valence-corrected chi connectivity index (χ2v) is 6.12. The first-order chi connectivity index (χ1) is 8.91. The van der Waals surface area contributed by atoms with Crippen molar-refractivity contribution in [1.29, 1.82) is 0 Å². The van der Waals surface area contributed by atoms with E-state index in [9.17, 15) is 4.55 Å². The second-order valence-electron chi connectivity index (χ2n) is 4.73. The fourth-order valence-electron chi connectivity index (χ4n) is 1.48. The Balaban J connectivity index is 0.000000203. The van der Waals surface area contributed by atoms with Crippen LogP contribution < -0.4 is 4.90 Å². The summed E-state index contributed by atoms with van der Waals surface area (Å²) < 4.78 is 11.3. The van der Waals surface area contributed by atoms with Crippen LogP contribution in [-0.4, -0.2) is 28.9 Å². The molecule has 1 atom stereocenters. The Morgan fingerprint density at radius 2 is 1.63 bits per heavy atom. The SMILES string of the molecule is CC(C)=NN=C(C)C.CN1C[S+]([O-])c2ccccc21. The zero-order valence-electron chi connectivity index (χ0n) is 12.2. The van der Waals surface area contributed by atoms with Crippen LogP contribution in [0.1, 0.15) is 27.7 Å². The summed E-state index contributed by atoms with van der Waals surface area (Å²) in [6, 6.07) is 7.82. The normalized spacial score (nSPS) is 16.1. The predicted octanol–water partition coefficient (Wildman–Crippen LogP) is 3.06. The third-order valence-electron chi connectivity index (χ3n) is 2.28. The van der Waals surface area contributed by atoms with Gasteiger partial charge in [-0.05, 0) is 39.8 Å². The average molecular weight is 279 g/mol. The molecule has 1 aromatic rings. The van der Waals surface area contributed by atoms with E-state index in [4.69, 9.17) is 0 Å². The molecule has 1 aliphatic rings. The molecule has 104 valence electrons. The van der Waals surface area contributed by atoms with Crippen molar-refractivity contribution in [2.75, 3.05) is 17.8 Å². The van der Waals surface area contributed by atoms with Gasteiger partial charge in [0.15, 0.2) is 10.8 Å². The standard InChI is InChI=1S/C8H9NOS.C6H12N2/c1-9-6-11(10)8-5-3-2-4-7(8)9;1-5(2)7-8-6(3)4/h2-5H,6H2,1H3;1-4H3. The molecule has 4 nitrogen and oxygen atoms in total. The molecule has 0 radical (unpaired) electrons. The summed E-state index contributed by atoms with van der Waals surface area (Å²) >= 11 is -0.802. The van der Waals surface area contributed by atoms with E-state index in [2.05, 4.69) is 10.2 Å². The molecule has 19 heavy (non-hydrogen) atoms. The summed E-state index contributed by atoms with van der Waals surface area (Å²) in [4.78, 5) is 2.99. The van der Waals surface area contributed by atoms with Gasteiger partial charge in [-0.15, -0.1) is 0 Å². The number of para-hydroxylation sites is 1. The van der Waals surface area contributed by atoms with Crippen molar-refractivity contribution in [3.63, 3.8) is 0 Å². The number of hydrogen-bond donors (Lipinski definition) is 0. The molecule has 0 spiro atoms. The molecule has 1 aromatic carbocycles. The Morgan fingerprint density at radius 1 is 1.11 bits per heavy atom. The lowest BCUT2D eigenvalue weighted by Crippen LogP contribution is -2.16. The maximum atomic E-state index is 11.3. The fourth-order valence-corrected chi connectivity index (χ4v) is 2.80. The van der Waals surface area contributed by atoms with E-state index in [0.717, 1.165) is 22.0 Å². The number of fused-ring (bicyclic) bond motifs is 1. The van der Waals surface area contributed by atoms with Crippen LogP contribution in [0.15, 0.2) is 39.4 Å². The largest absolute Gasteiger partial charge is 0.610 e. The van der Waals surface area contributed by atoms with Crippen LogP contribution in [0.3, 0.4) is 0 Å². The van der Waals surface area contributed by atoms with Crippen molar-refractivity contribution < 1.29 is 4.55 Å². The summed E-state index contributed by atoms with van der Waals surface area (Å²) in [5.41, 5.74) is 3.09. The van der Waals surface area contributed by atoms with Gasteiger partial charge in [0.05, 0.1) is 5.69 Å². The molecule has 1 unspecified atom stereocenters. The molecule has 0 saturated heterocycles. The molecule has 2 rings (SSSR count). The van der Waals surface area contributed by atoms with Gasteiger partial charge in [-0.25, -0.2) is 0 Å². The molecule has 0 aromatic heterocycles. The molecule has 1 heterocycles. The Hall–Kier alpha value is -1.33. The number of benzene rings is 1. The van der Waals surface area contributed by atoms with Gasteiger partial charge in [-0.3, -0.25) is 0 Å². The lowest BCUT2D eigenvalue weighted by molar-refractivity contribution is 0.598. The molecule has 0 saturated carbocycles. The molecular weight excluding hydrogens is 258 g/mol. The Morgan fingerprint density at radius 3 is 2.11 bits per heavy atom. The number of rotatable bonds is 1. The average Bonchev–Trinajstić information content (AvgIpc) is 2.64. The van der Waals surface area contributed by atoms with E-state index in [1.807, 2.05) is 63.9 Å². The van der Waals surface area contributed by atoms with Crippen LogP contribution in [-0.2, 0) is 11.2 Å². The van der Waals surface area contributed by atoms with Gasteiger partial charge >= 0.3 is 0 Å². The highest BCUT2D eigenvalue weighted by atomic mass is 32.2. The van der Waals surface area contributed by atoms with Crippen molar-refractivity contribution in [1.82, 2.24) is 0 Å². The Labute approximate surface area is 118 Å². The molecule has 5 heteroatoms. The van der Waals surface area contributed by atoms with Crippen molar-refractivity contribution >= 4 is 28.3 Å². The van der Waals surface area contributed by atoms with Crippen LogP contribution in [0.4, 0.5) is 5.69 Å². The molecule has 0 amide bonds. The van der Waals surface area contributed by atoms with Crippen molar-refractivity contribution in [3.05, 3.63) is 24.3 Å². The summed E-state index contributed by atoms with van der Waals surface area (Å²) in [6.07, 6.45) is 0. The topological polar surface area (TPSA) is 51.0 Å². The maximum absolute atomic E-state index is 11.3. The molecule has 0 N–H and O–H groups in total. The number of hydrogen-bond acceptors (Lipinski definition) is 4. The summed E-state index contributed by atoms with van der Waals surface area (Å²) in [5.74, 6) is 0.638. The van der Waals surface area contributed by atoms with Gasteiger partial charge < -0.3 is 9.45 Å². The summed E-state index contributed by atoms with van der Waals surface area (Å²) in [6.45, 7) is 7.69. The molecular formula is C14H21N3OS. The van der Waals surface area contributed by atoms with Crippen molar-refractivity contribution in [2.24, 2.45) is 10.2 Å². The molecule has 0 bridgehead atoms. The van der Waals surface area contributed by atoms with Gasteiger partial charge in [-0.2, -0.15) is 10.2 Å². The van der Waals surface area contributed by atoms with Crippen LogP contribution in [0.25, 0.3) is 0 Å². The van der Waals surface area contributed by atoms with Crippen LogP contribution in [0, 0.1) is 0 Å². The molecule has 0 fully saturated rings. The third-order valence-corrected chi connectivity index (χ3v) is 3.74. The van der Waals surface area contributed by atoms with E-state index in [1.165, 1.54) is 0 Å². The highest BCUT2D eigenvalue weighted by Crippen LogP contribution is 2.31. The van der Waals surface area contributed by atoms with Crippen LogP contribution in [0.5, 0.6) is 0 Å². The van der Waals surface area contributed by atoms with Gasteiger partial charge in [0, 0.05) is 29.6 Å². The minimum absolute atomic E-state index is 0.638. The number of anilines is 1. The van der Waals surface area contributed by atoms with Crippen molar-refractivity contribution in [3.8, 4) is 0 Å². The predicted molar refractivity (Wildman–Crippen MR) is 83.7 cm³/mol. The van der Waals surface area contributed by atoms with Gasteiger partial charge in [0.1, 0.15) is 0 Å². The van der Waals surface area contributed by atoms with E-state index in [0.29, 0.717) is 5.88 Å². The zero-order chi connectivity index (χ0) is 14.4. The second kappa shape index (κ2) is 7.31. The summed E-state index contributed by atoms with van der Waals surface area (Å²) in [7, 11) is 1.96. The van der Waals surface area contributed by atoms with Crippen molar-refractivity contribution in [2.45, 2.75) is 32.6 Å². The van der Waals surface area contributed by atoms with Crippen LogP contribution >= 0.6 is 0 Å². The highest BCUT2D eigenvalue weighted by Gasteiger charge is 2.27. The molecule has 1 aliphatic heterocycles. The maximum Gasteiger partial charge on any atom is 0.183 e. The number of nitrogens with zero attached hydrogens (tertiary/aromatic N) is 3. The first kappa shape index (κ1) is 15.7. The lowest BCUT2D eigenvalue weighted by Gasteiger charge is -2.05. The Kier molecular flexibility index (Phi) is 6.05. The minimum Gasteiger partial charge on any atom is -0.610 e. The highest BCUT2D eigenvalue weighted by molar-refractivity contribution is 7.92. The monoisotopic (exact) mass is 279 g/mol. The fraction of sp³-hybridized carbons (Fsp3) is 0.429. The van der Waals surface area contributed by atoms with Gasteiger partial charge in [0.25, 0.3) is 0 Å². The smallest absolute Gasteiger partial charge is 0.183 e. The first-order valence-electron chi connectivity index (χ1n) is 6.12. The van der Waals surface area contributed by atoms with Gasteiger partial charge in [0.2, 0.25) is 0 Å². The zero-order valence-corrected chi connectivity index (χ0v) is 13.0. The quantitative estimate of drug-likeness (QED) is 0.450. The van der Waals surface area contributed by atoms with E-state index in [-0.39, 0.29) is 0 Å². The lowest BCUT2D eigenvalue weighted by atomic mass is 10.3.